The van der Waals surface area contributed by atoms with E-state index in [0.29, 0.717) is 0 Å². The fourth-order valence-electron chi connectivity index (χ4n) is 5.40. The van der Waals surface area contributed by atoms with E-state index in [1.165, 1.54) is 37.7 Å². The van der Waals surface area contributed by atoms with Crippen molar-refractivity contribution in [2.24, 2.45) is 11.8 Å². The molecule has 0 bridgehead atoms. The maximum atomic E-state index is 3.27. The summed E-state index contributed by atoms with van der Waals surface area (Å²) in [7, 11) is 0. The standard InChI is InChI=1S/C21H21.C5H5.4CH3.2ClH.2Si.Zr/c1-2-8-15-14(7-1)13-20-18-11-4-3-9-16(18)17-10-5-6-12-19(17)21(15)20;1-2-4-5-3-1;;;;;;;;;/h1-2,6-8,11-12,16-17H,3-5,9-10,13H2;1-3H,4H2;4*1H3;2*1H;;;/q6*-1;;;;;. The number of halogens is 2. The first-order valence-corrected chi connectivity index (χ1v) is 19.1. The van der Waals surface area contributed by atoms with Gasteiger partial charge in [-0.3, -0.25) is 6.08 Å². The Morgan fingerprint density at radius 2 is 1.66 bits per heavy atom. The quantitative estimate of drug-likeness (QED) is 0.202. The molecule has 5 aliphatic rings. The molecule has 0 heterocycles. The van der Waals surface area contributed by atoms with Crippen LogP contribution in [0, 0.1) is 54.0 Å². The van der Waals surface area contributed by atoms with Gasteiger partial charge in [-0.05, 0) is 36.7 Å². The molecule has 1 aromatic rings. The molecule has 0 aliphatic heterocycles. The van der Waals surface area contributed by atoms with Crippen LogP contribution in [0.25, 0.3) is 5.57 Å². The second-order valence-corrected chi connectivity index (χ2v) is 14.6. The summed E-state index contributed by atoms with van der Waals surface area (Å²) in [5.41, 5.74) is 9.71. The average molecular weight is 619 g/mol. The van der Waals surface area contributed by atoms with Crippen LogP contribution in [0.5, 0.6) is 0 Å². The third-order valence-electron chi connectivity index (χ3n) is 6.49. The Hall–Kier alpha value is -0.313. The van der Waals surface area contributed by atoms with E-state index in [4.69, 9.17) is 0 Å². The number of fused-ring (bicyclic) bond motifs is 6. The van der Waals surface area contributed by atoms with Gasteiger partial charge in [0, 0.05) is 0 Å². The fraction of sp³-hybridized carbons (Fsp3) is 0.300. The van der Waals surface area contributed by atoms with Crippen LogP contribution < -0.4 is 0 Å². The second kappa shape index (κ2) is 19.8. The zero-order valence-corrected chi connectivity index (χ0v) is 27.8. The van der Waals surface area contributed by atoms with Crippen molar-refractivity contribution in [1.82, 2.24) is 0 Å². The number of rotatable bonds is 0. The molecule has 5 aliphatic carbocycles. The van der Waals surface area contributed by atoms with E-state index in [0.717, 1.165) is 24.7 Å². The Kier molecular flexibility index (Phi) is 22.1. The van der Waals surface area contributed by atoms with Crippen molar-refractivity contribution in [2.75, 3.05) is 0 Å². The SMILES string of the molecule is C1=CC2=C3C(=C4[CH-]CCCC4C2CC1)Cc1ccccc13.Cl.Cl.[C-]1=CC=CC1.[CH3-].[CH3-].[CH3-].[CH3-].[Si]=[Zr]=[Si]. The molecule has 0 nitrogen and oxygen atoms in total. The molecule has 0 amide bonds. The Labute approximate surface area is 244 Å². The molecule has 6 rings (SSSR count). The van der Waals surface area contributed by atoms with Crippen LogP contribution in [-0.2, 0) is 26.9 Å². The monoisotopic (exact) mass is 616 g/mol. The van der Waals surface area contributed by atoms with E-state index >= 15 is 0 Å². The van der Waals surface area contributed by atoms with Gasteiger partial charge < -0.3 is 29.7 Å². The minimum atomic E-state index is -0.159. The predicted octanol–water partition coefficient (Wildman–Crippen LogP) is 8.46. The molecule has 192 valence electrons. The van der Waals surface area contributed by atoms with Crippen molar-refractivity contribution in [1.29, 1.82) is 0 Å². The molecule has 2 unspecified atom stereocenters. The normalized spacial score (nSPS) is 20.5. The molecular weight excluding hydrogens is 579 g/mol. The summed E-state index contributed by atoms with van der Waals surface area (Å²) >= 11 is -0.159. The van der Waals surface area contributed by atoms with Crippen LogP contribution in [0.2, 0.25) is 0 Å². The second-order valence-electron chi connectivity index (χ2n) is 8.05. The predicted molar refractivity (Wildman–Crippen MR) is 161 cm³/mol. The van der Waals surface area contributed by atoms with E-state index in [9.17, 15) is 0 Å². The molecule has 1 aromatic carbocycles. The minimum absolute atomic E-state index is 0. The van der Waals surface area contributed by atoms with Crippen LogP contribution in [0.4, 0.5) is 0 Å². The summed E-state index contributed by atoms with van der Waals surface area (Å²) in [6.07, 6.45) is 25.3. The van der Waals surface area contributed by atoms with Gasteiger partial charge in [-0.25, -0.2) is 24.1 Å². The van der Waals surface area contributed by atoms with Gasteiger partial charge >= 0.3 is 34.2 Å². The fourth-order valence-corrected chi connectivity index (χ4v) is 5.40. The Balaban J connectivity index is -0.000000645. The first kappa shape index (κ1) is 39.2. The molecule has 0 saturated heterocycles. The van der Waals surface area contributed by atoms with Gasteiger partial charge in [0.2, 0.25) is 0 Å². The van der Waals surface area contributed by atoms with Gasteiger partial charge in [0.1, 0.15) is 0 Å². The summed E-state index contributed by atoms with van der Waals surface area (Å²) in [6, 6.07) is 9.07. The Bertz CT molecular complexity index is 956. The molecular formula is C30H40Cl2Si2Zr-6. The molecule has 1 fully saturated rings. The number of allylic oxidation sites excluding steroid dienone is 10. The molecule has 0 aromatic heterocycles. The number of hydrogen-bond donors (Lipinski definition) is 0. The zero-order chi connectivity index (χ0) is 20.1. The summed E-state index contributed by atoms with van der Waals surface area (Å²) in [5, 5.41) is 0. The van der Waals surface area contributed by atoms with Crippen LogP contribution >= 0.6 is 24.8 Å². The van der Waals surface area contributed by atoms with Crippen molar-refractivity contribution in [3.63, 3.8) is 0 Å². The van der Waals surface area contributed by atoms with Crippen molar-refractivity contribution in [3.05, 3.63) is 125 Å². The van der Waals surface area contributed by atoms with E-state index in [-0.39, 0.29) is 75.0 Å². The Morgan fingerprint density at radius 1 is 0.943 bits per heavy atom. The topological polar surface area (TPSA) is 0 Å². The van der Waals surface area contributed by atoms with Crippen molar-refractivity contribution >= 4 is 44.1 Å². The van der Waals surface area contributed by atoms with E-state index < -0.39 is 0 Å². The molecule has 2 atom stereocenters. The summed E-state index contributed by atoms with van der Waals surface area (Å²) in [5.74, 6) is 1.60. The van der Waals surface area contributed by atoms with Crippen LogP contribution in [0.1, 0.15) is 49.7 Å². The van der Waals surface area contributed by atoms with Crippen LogP contribution in [-0.4, -0.2) is 13.8 Å². The molecule has 4 radical (unpaired) electrons. The number of hydrogen-bond acceptors (Lipinski definition) is 0. The van der Waals surface area contributed by atoms with Gasteiger partial charge in [0.05, 0.1) is 0 Å². The molecule has 5 heteroatoms. The van der Waals surface area contributed by atoms with Gasteiger partial charge in [-0.2, -0.15) is 11.6 Å². The van der Waals surface area contributed by atoms with E-state index in [1.54, 1.807) is 27.9 Å². The van der Waals surface area contributed by atoms with Crippen LogP contribution in [0.15, 0.2) is 71.4 Å². The molecule has 0 N–H and O–H groups in total. The van der Waals surface area contributed by atoms with Gasteiger partial charge in [-0.1, -0.05) is 66.0 Å². The first-order chi connectivity index (χ1) is 14.3. The van der Waals surface area contributed by atoms with Gasteiger partial charge in [0.25, 0.3) is 0 Å². The number of benzene rings is 1. The average Bonchev–Trinajstić information content (AvgIpc) is 3.46. The van der Waals surface area contributed by atoms with Gasteiger partial charge in [0.15, 0.2) is 0 Å². The van der Waals surface area contributed by atoms with Crippen LogP contribution in [0.3, 0.4) is 0 Å². The third-order valence-corrected chi connectivity index (χ3v) is 6.49. The maximum absolute atomic E-state index is 3.27. The van der Waals surface area contributed by atoms with E-state index in [1.807, 2.05) is 12.2 Å². The Morgan fingerprint density at radius 3 is 2.29 bits per heavy atom. The zero-order valence-electron chi connectivity index (χ0n) is 21.7. The molecule has 35 heavy (non-hydrogen) atoms. The first-order valence-electron chi connectivity index (χ1n) is 10.7. The van der Waals surface area contributed by atoms with Crippen molar-refractivity contribution < 1.29 is 20.5 Å². The van der Waals surface area contributed by atoms with Gasteiger partial charge in [-0.15, -0.1) is 37.7 Å². The van der Waals surface area contributed by atoms with Crippen molar-refractivity contribution in [2.45, 2.75) is 44.9 Å². The van der Waals surface area contributed by atoms with E-state index in [2.05, 4.69) is 68.7 Å². The summed E-state index contributed by atoms with van der Waals surface area (Å²) < 4.78 is 0. The summed E-state index contributed by atoms with van der Waals surface area (Å²) in [4.78, 5) is 0. The molecule has 1 saturated carbocycles. The van der Waals surface area contributed by atoms with Crippen molar-refractivity contribution in [3.8, 4) is 0 Å². The summed E-state index contributed by atoms with van der Waals surface area (Å²) in [6.45, 7) is 6.53. The molecule has 0 spiro atoms. The third kappa shape index (κ3) is 8.89.